The Morgan fingerprint density at radius 1 is 1.23 bits per heavy atom. The molecule has 1 atom stereocenters. The number of carbonyl (C=O) groups is 1. The zero-order valence-corrected chi connectivity index (χ0v) is 15.9. The molecule has 0 spiro atoms. The lowest BCUT2D eigenvalue weighted by Crippen LogP contribution is -2.54. The van der Waals surface area contributed by atoms with Gasteiger partial charge in [0.2, 0.25) is 4.33 Å². The predicted molar refractivity (Wildman–Crippen MR) is 101 cm³/mol. The van der Waals surface area contributed by atoms with Crippen molar-refractivity contribution in [2.24, 2.45) is 0 Å². The summed E-state index contributed by atoms with van der Waals surface area (Å²) in [7, 11) is 1.88. The van der Waals surface area contributed by atoms with Gasteiger partial charge in [-0.15, -0.1) is 0 Å². The van der Waals surface area contributed by atoms with Gasteiger partial charge in [0.15, 0.2) is 0 Å². The summed E-state index contributed by atoms with van der Waals surface area (Å²) in [5.74, 6) is 0.499. The number of benzene rings is 1. The number of alkyl halides is 2. The third kappa shape index (κ3) is 2.66. The average Bonchev–Trinajstić information content (AvgIpc) is 2.63. The molecular weight excluding hydrogens is 373 g/mol. The zero-order valence-electron chi connectivity index (χ0n) is 14.4. The molecule has 2 aromatic rings. The number of hydrogen-bond donors (Lipinski definition) is 0. The molecule has 0 radical (unpaired) electrons. The minimum absolute atomic E-state index is 0.487. The van der Waals surface area contributed by atoms with Gasteiger partial charge in [0.05, 0.1) is 17.3 Å². The molecule has 0 saturated heterocycles. The first-order chi connectivity index (χ1) is 12.4. The molecule has 0 fully saturated rings. The van der Waals surface area contributed by atoms with E-state index < -0.39 is 16.3 Å². The highest BCUT2D eigenvalue weighted by atomic mass is 35.5. The summed E-state index contributed by atoms with van der Waals surface area (Å²) in [5.41, 5.74) is 3.42. The number of aryl methyl sites for hydroxylation is 2. The zero-order chi connectivity index (χ0) is 18.5. The quantitative estimate of drug-likeness (QED) is 0.579. The lowest BCUT2D eigenvalue weighted by molar-refractivity contribution is -0.138. The maximum absolute atomic E-state index is 12.6. The molecule has 4 rings (SSSR count). The highest BCUT2D eigenvalue weighted by Gasteiger charge is 2.53. The summed E-state index contributed by atoms with van der Waals surface area (Å²) in [6, 6.07) is 9.15. The number of halogens is 2. The summed E-state index contributed by atoms with van der Waals surface area (Å²) in [6.07, 6.45) is 3.08. The highest BCUT2D eigenvalue weighted by Crippen LogP contribution is 2.47. The topological polar surface area (TPSA) is 55.3 Å². The van der Waals surface area contributed by atoms with Gasteiger partial charge < -0.3 is 9.64 Å². The monoisotopic (exact) mass is 389 g/mol. The van der Waals surface area contributed by atoms with Crippen molar-refractivity contribution in [2.45, 2.75) is 30.1 Å². The van der Waals surface area contributed by atoms with Crippen molar-refractivity contribution in [1.29, 1.82) is 0 Å². The van der Waals surface area contributed by atoms with Gasteiger partial charge in [0.1, 0.15) is 11.6 Å². The Bertz CT molecular complexity index is 912. The Hall–Kier alpha value is -2.11. The van der Waals surface area contributed by atoms with Crippen LogP contribution in [0, 0.1) is 6.92 Å². The van der Waals surface area contributed by atoms with E-state index in [9.17, 15) is 4.79 Å². The van der Waals surface area contributed by atoms with Crippen molar-refractivity contribution in [2.75, 3.05) is 11.9 Å². The van der Waals surface area contributed by atoms with E-state index in [2.05, 4.69) is 9.97 Å². The van der Waals surface area contributed by atoms with Gasteiger partial charge in [0.25, 0.3) is 0 Å². The Kier molecular flexibility index (Phi) is 4.16. The van der Waals surface area contributed by atoms with Crippen molar-refractivity contribution < 1.29 is 9.53 Å². The number of hydrogen-bond acceptors (Lipinski definition) is 5. The molecule has 5 nitrogen and oxygen atoms in total. The van der Waals surface area contributed by atoms with E-state index in [1.165, 1.54) is 0 Å². The lowest BCUT2D eigenvalue weighted by atomic mass is 9.86. The van der Waals surface area contributed by atoms with Crippen LogP contribution in [0.25, 0.3) is 5.76 Å². The Balaban J connectivity index is 1.87. The van der Waals surface area contributed by atoms with Crippen molar-refractivity contribution in [3.63, 3.8) is 0 Å². The Morgan fingerprint density at radius 3 is 2.69 bits per heavy atom. The Labute approximate surface area is 161 Å². The summed E-state index contributed by atoms with van der Waals surface area (Å²) in [6.45, 7) is 1.84. The molecule has 1 aromatic heterocycles. The van der Waals surface area contributed by atoms with Gasteiger partial charge in [-0.05, 0) is 37.5 Å². The molecule has 0 saturated carbocycles. The van der Waals surface area contributed by atoms with Crippen LogP contribution in [-0.2, 0) is 16.0 Å². The molecular formula is C19H17Cl2N3O2. The van der Waals surface area contributed by atoms with Gasteiger partial charge in [-0.25, -0.2) is 14.8 Å². The standard InChI is InChI=1S/C19H17Cl2N3O2/c1-11-22-10-14-15(23-11)9-8-13-16(14)26-18(25)19(20,21)17(13)24(2)12-6-4-3-5-7-12/h3-7,10,17H,8-9H2,1-2H3. The number of nitrogens with zero attached hydrogens (tertiary/aromatic N) is 3. The second kappa shape index (κ2) is 6.25. The Morgan fingerprint density at radius 2 is 1.96 bits per heavy atom. The van der Waals surface area contributed by atoms with Crippen LogP contribution in [0.1, 0.15) is 23.5 Å². The fourth-order valence-corrected chi connectivity index (χ4v) is 4.23. The van der Waals surface area contributed by atoms with Crippen LogP contribution in [0.4, 0.5) is 5.69 Å². The van der Waals surface area contributed by atoms with Gasteiger partial charge in [-0.2, -0.15) is 0 Å². The lowest BCUT2D eigenvalue weighted by Gasteiger charge is -2.43. The van der Waals surface area contributed by atoms with E-state index in [1.807, 2.05) is 49.2 Å². The average molecular weight is 390 g/mol. The number of anilines is 1. The largest absolute Gasteiger partial charge is 0.423 e. The van der Waals surface area contributed by atoms with E-state index in [4.69, 9.17) is 27.9 Å². The van der Waals surface area contributed by atoms with Crippen LogP contribution in [0.5, 0.6) is 0 Å². The van der Waals surface area contributed by atoms with Crippen molar-refractivity contribution >= 4 is 40.6 Å². The molecule has 1 aliphatic heterocycles. The van der Waals surface area contributed by atoms with Crippen LogP contribution < -0.4 is 4.90 Å². The number of fused-ring (bicyclic) bond motifs is 2. The molecule has 1 aliphatic carbocycles. The maximum atomic E-state index is 12.6. The molecule has 7 heteroatoms. The first-order valence-electron chi connectivity index (χ1n) is 8.33. The van der Waals surface area contributed by atoms with E-state index >= 15 is 0 Å². The fourth-order valence-electron chi connectivity index (χ4n) is 3.60. The van der Waals surface area contributed by atoms with Crippen LogP contribution >= 0.6 is 23.2 Å². The molecule has 134 valence electrons. The summed E-state index contributed by atoms with van der Waals surface area (Å²) < 4.78 is 3.86. The van der Waals surface area contributed by atoms with E-state index in [1.54, 1.807) is 6.20 Å². The maximum Gasteiger partial charge on any atom is 0.350 e. The fraction of sp³-hybridized carbons (Fsp3) is 0.316. The third-order valence-electron chi connectivity index (χ3n) is 4.85. The second-order valence-electron chi connectivity index (χ2n) is 6.49. The summed E-state index contributed by atoms with van der Waals surface area (Å²) >= 11 is 13.0. The van der Waals surface area contributed by atoms with Crippen LogP contribution in [-0.4, -0.2) is 33.4 Å². The molecule has 2 heterocycles. The second-order valence-corrected chi connectivity index (χ2v) is 7.88. The van der Waals surface area contributed by atoms with Crippen molar-refractivity contribution in [3.8, 4) is 0 Å². The van der Waals surface area contributed by atoms with Gasteiger partial charge in [-0.1, -0.05) is 41.4 Å². The number of carbonyl (C=O) groups excluding carboxylic acids is 1. The molecule has 26 heavy (non-hydrogen) atoms. The number of para-hydroxylation sites is 1. The molecule has 0 amide bonds. The molecule has 1 unspecified atom stereocenters. The van der Waals surface area contributed by atoms with E-state index in [-0.39, 0.29) is 0 Å². The molecule has 0 N–H and O–H groups in total. The predicted octanol–water partition coefficient (Wildman–Crippen LogP) is 3.68. The van der Waals surface area contributed by atoms with Crippen LogP contribution in [0.3, 0.4) is 0 Å². The van der Waals surface area contributed by atoms with Gasteiger partial charge in [0, 0.05) is 18.9 Å². The molecule has 0 bridgehead atoms. The molecule has 1 aromatic carbocycles. The smallest absolute Gasteiger partial charge is 0.350 e. The summed E-state index contributed by atoms with van der Waals surface area (Å²) in [4.78, 5) is 23.3. The van der Waals surface area contributed by atoms with E-state index in [0.29, 0.717) is 18.0 Å². The summed E-state index contributed by atoms with van der Waals surface area (Å²) in [5, 5.41) is 0. The van der Waals surface area contributed by atoms with Crippen LogP contribution in [0.15, 0.2) is 42.1 Å². The first kappa shape index (κ1) is 17.3. The first-order valence-corrected chi connectivity index (χ1v) is 9.09. The SMILES string of the molecule is Cc1ncc2c(n1)CCC1=C2OC(=O)C(Cl)(Cl)C1N(C)c1ccccc1. The molecule has 2 aliphatic rings. The highest BCUT2D eigenvalue weighted by molar-refractivity contribution is 6.59. The normalized spacial score (nSPS) is 20.9. The van der Waals surface area contributed by atoms with Gasteiger partial charge >= 0.3 is 5.97 Å². The third-order valence-corrected chi connectivity index (χ3v) is 5.57. The van der Waals surface area contributed by atoms with Crippen LogP contribution in [0.2, 0.25) is 0 Å². The van der Waals surface area contributed by atoms with E-state index in [0.717, 1.165) is 28.9 Å². The van der Waals surface area contributed by atoms with Crippen molar-refractivity contribution in [3.05, 3.63) is 59.2 Å². The van der Waals surface area contributed by atoms with Crippen molar-refractivity contribution in [1.82, 2.24) is 9.97 Å². The number of ether oxygens (including phenoxy) is 1. The minimum atomic E-state index is -1.70. The van der Waals surface area contributed by atoms with Gasteiger partial charge in [-0.3, -0.25) is 0 Å². The number of aromatic nitrogens is 2. The number of likely N-dealkylation sites (N-methyl/N-ethyl adjacent to an activating group) is 1. The minimum Gasteiger partial charge on any atom is -0.423 e. The number of esters is 1. The number of rotatable bonds is 2.